The van der Waals surface area contributed by atoms with Crippen LogP contribution in [-0.2, 0) is 20.9 Å². The highest BCUT2D eigenvalue weighted by molar-refractivity contribution is 5.77. The van der Waals surface area contributed by atoms with Crippen LogP contribution >= 0.6 is 0 Å². The second-order valence-electron chi connectivity index (χ2n) is 11.3. The lowest BCUT2D eigenvalue weighted by molar-refractivity contribution is -0.138. The van der Waals surface area contributed by atoms with Crippen molar-refractivity contribution in [2.45, 2.75) is 51.2 Å². The Hall–Kier alpha value is -3.14. The molecule has 2 aromatic rings. The predicted octanol–water partition coefficient (Wildman–Crippen LogP) is 3.27. The molecule has 41 heavy (non-hydrogen) atoms. The average Bonchev–Trinajstić information content (AvgIpc) is 3.26. The number of methoxy groups -OCH3 is 1. The Kier molecular flexibility index (Phi) is 11.4. The molecule has 0 radical (unpaired) electrons. The maximum Gasteiger partial charge on any atom is 0.248 e. The Balaban J connectivity index is 1.35. The molecule has 2 aliphatic rings. The van der Waals surface area contributed by atoms with Crippen LogP contribution in [0.25, 0.3) is 0 Å². The third-order valence-electron chi connectivity index (χ3n) is 7.66. The summed E-state index contributed by atoms with van der Waals surface area (Å²) in [4.78, 5) is 30.7. The first kappa shape index (κ1) is 30.8. The molecule has 0 saturated carbocycles. The van der Waals surface area contributed by atoms with Gasteiger partial charge in [-0.25, -0.2) is 0 Å². The van der Waals surface area contributed by atoms with Gasteiger partial charge in [-0.3, -0.25) is 14.5 Å². The van der Waals surface area contributed by atoms with Gasteiger partial charge in [0.15, 0.2) is 0 Å². The number of carbonyl (C=O) groups excluding carboxylic acids is 2. The molecule has 1 N–H and O–H groups in total. The largest absolute Gasteiger partial charge is 0.494 e. The van der Waals surface area contributed by atoms with Crippen LogP contribution in [-0.4, -0.2) is 103 Å². The Bertz CT molecular complexity index is 1130. The highest BCUT2D eigenvalue weighted by Gasteiger charge is 2.37. The SMILES string of the molecule is COCC(=O)N1CCN(Cc2cccc(OCCCN3CCCCCC3=O)c2)C[C@@](O)(COc2ccc(C)cc2)C1. The number of β-amino-alcohol motifs (C(OH)–C–C–N with tert-alkyl or cyclic N) is 1. The van der Waals surface area contributed by atoms with Crippen molar-refractivity contribution in [2.24, 2.45) is 0 Å². The Morgan fingerprint density at radius 1 is 0.976 bits per heavy atom. The van der Waals surface area contributed by atoms with Crippen LogP contribution in [0.5, 0.6) is 11.5 Å². The standard InChI is InChI=1S/C32H45N3O6/c1-26-11-13-28(14-12-26)41-25-32(38)23-33(17-18-35(24-32)31(37)22-39-2)21-27-8-6-9-29(20-27)40-19-7-16-34-15-5-3-4-10-30(34)36/h6,8-9,11-14,20,38H,3-5,7,10,15-19,21-25H2,1-2H3/t32-/m0/s1. The lowest BCUT2D eigenvalue weighted by Gasteiger charge is -2.33. The van der Waals surface area contributed by atoms with Crippen LogP contribution in [0, 0.1) is 6.92 Å². The number of nitrogens with zero attached hydrogens (tertiary/aromatic N) is 3. The van der Waals surface area contributed by atoms with E-state index in [1.165, 1.54) is 7.11 Å². The van der Waals surface area contributed by atoms with E-state index in [2.05, 4.69) is 4.90 Å². The molecule has 4 rings (SSSR count). The molecule has 1 atom stereocenters. The summed E-state index contributed by atoms with van der Waals surface area (Å²) in [7, 11) is 1.50. The first-order valence-electron chi connectivity index (χ1n) is 14.7. The number of benzene rings is 2. The average molecular weight is 568 g/mol. The van der Waals surface area contributed by atoms with E-state index >= 15 is 0 Å². The van der Waals surface area contributed by atoms with Crippen molar-refractivity contribution in [1.29, 1.82) is 0 Å². The molecule has 0 unspecified atom stereocenters. The van der Waals surface area contributed by atoms with Crippen molar-refractivity contribution in [3.05, 3.63) is 59.7 Å². The summed E-state index contributed by atoms with van der Waals surface area (Å²) in [6.45, 7) is 6.38. The van der Waals surface area contributed by atoms with Crippen LogP contribution in [0.4, 0.5) is 0 Å². The molecule has 2 saturated heterocycles. The quantitative estimate of drug-likeness (QED) is 0.394. The van der Waals surface area contributed by atoms with Crippen LogP contribution in [0.2, 0.25) is 0 Å². The topological polar surface area (TPSA) is 91.8 Å². The molecule has 2 fully saturated rings. The first-order chi connectivity index (χ1) is 19.8. The van der Waals surface area contributed by atoms with Crippen molar-refractivity contribution >= 4 is 11.8 Å². The number of likely N-dealkylation sites (tertiary alicyclic amines) is 1. The third kappa shape index (κ3) is 9.73. The third-order valence-corrected chi connectivity index (χ3v) is 7.66. The van der Waals surface area contributed by atoms with E-state index in [0.29, 0.717) is 45.0 Å². The van der Waals surface area contributed by atoms with Crippen molar-refractivity contribution in [2.75, 3.05) is 66.2 Å². The molecule has 0 aliphatic carbocycles. The molecule has 2 amide bonds. The van der Waals surface area contributed by atoms with E-state index in [9.17, 15) is 14.7 Å². The van der Waals surface area contributed by atoms with Gasteiger partial charge in [0.1, 0.15) is 30.3 Å². The number of aliphatic hydroxyl groups is 1. The molecule has 224 valence electrons. The molecular formula is C32H45N3O6. The Morgan fingerprint density at radius 3 is 2.61 bits per heavy atom. The second-order valence-corrected chi connectivity index (χ2v) is 11.3. The minimum atomic E-state index is -1.26. The molecule has 0 bridgehead atoms. The summed E-state index contributed by atoms with van der Waals surface area (Å²) in [6, 6.07) is 15.7. The number of amides is 2. The van der Waals surface area contributed by atoms with E-state index < -0.39 is 5.60 Å². The molecule has 2 aliphatic heterocycles. The number of hydrogen-bond donors (Lipinski definition) is 1. The molecule has 0 aromatic heterocycles. The van der Waals surface area contributed by atoms with Crippen molar-refractivity contribution in [1.82, 2.24) is 14.7 Å². The molecule has 0 spiro atoms. The maximum atomic E-state index is 12.7. The van der Waals surface area contributed by atoms with E-state index in [0.717, 1.165) is 55.6 Å². The lowest BCUT2D eigenvalue weighted by Crippen LogP contribution is -2.52. The highest BCUT2D eigenvalue weighted by atomic mass is 16.5. The zero-order valence-electron chi connectivity index (χ0n) is 24.6. The number of rotatable bonds is 12. The number of hydrogen-bond acceptors (Lipinski definition) is 7. The first-order valence-corrected chi connectivity index (χ1v) is 14.7. The van der Waals surface area contributed by atoms with E-state index in [1.54, 1.807) is 4.90 Å². The fourth-order valence-corrected chi connectivity index (χ4v) is 5.46. The fraction of sp³-hybridized carbons (Fsp3) is 0.562. The summed E-state index contributed by atoms with van der Waals surface area (Å²) in [5, 5.41) is 11.7. The summed E-state index contributed by atoms with van der Waals surface area (Å²) in [6.07, 6.45) is 4.65. The zero-order valence-corrected chi connectivity index (χ0v) is 24.6. The Morgan fingerprint density at radius 2 is 1.80 bits per heavy atom. The van der Waals surface area contributed by atoms with Crippen LogP contribution in [0.15, 0.2) is 48.5 Å². The molecule has 9 nitrogen and oxygen atoms in total. The normalized spacial score (nSPS) is 20.4. The Labute approximate surface area is 244 Å². The van der Waals surface area contributed by atoms with Gasteiger partial charge < -0.3 is 29.1 Å². The lowest BCUT2D eigenvalue weighted by atomic mass is 10.0. The van der Waals surface area contributed by atoms with Gasteiger partial charge in [-0.05, 0) is 56.0 Å². The van der Waals surface area contributed by atoms with Gasteiger partial charge in [0.2, 0.25) is 11.8 Å². The van der Waals surface area contributed by atoms with Crippen molar-refractivity contribution in [3.63, 3.8) is 0 Å². The summed E-state index contributed by atoms with van der Waals surface area (Å²) in [5.74, 6) is 1.57. The second kappa shape index (κ2) is 15.2. The van der Waals surface area contributed by atoms with E-state index in [-0.39, 0.29) is 31.6 Å². The number of carbonyl (C=O) groups is 2. The monoisotopic (exact) mass is 567 g/mol. The minimum absolute atomic E-state index is 0.0276. The molecule has 2 aromatic carbocycles. The summed E-state index contributed by atoms with van der Waals surface area (Å²) in [5.41, 5.74) is 0.930. The van der Waals surface area contributed by atoms with Gasteiger partial charge in [0.25, 0.3) is 0 Å². The molecule has 2 heterocycles. The summed E-state index contributed by atoms with van der Waals surface area (Å²) >= 11 is 0. The van der Waals surface area contributed by atoms with Crippen molar-refractivity contribution < 1.29 is 28.9 Å². The van der Waals surface area contributed by atoms with Gasteiger partial charge in [-0.1, -0.05) is 36.2 Å². The minimum Gasteiger partial charge on any atom is -0.494 e. The van der Waals surface area contributed by atoms with Crippen molar-refractivity contribution in [3.8, 4) is 11.5 Å². The van der Waals surface area contributed by atoms with Gasteiger partial charge in [0.05, 0.1) is 13.2 Å². The van der Waals surface area contributed by atoms with Crippen LogP contribution in [0.3, 0.4) is 0 Å². The molecule has 9 heteroatoms. The van der Waals surface area contributed by atoms with Crippen LogP contribution < -0.4 is 9.47 Å². The number of aryl methyl sites for hydroxylation is 1. The van der Waals surface area contributed by atoms with Gasteiger partial charge >= 0.3 is 0 Å². The predicted molar refractivity (Wildman–Crippen MR) is 157 cm³/mol. The zero-order chi connectivity index (χ0) is 29.1. The van der Waals surface area contributed by atoms with Gasteiger partial charge in [-0.15, -0.1) is 0 Å². The van der Waals surface area contributed by atoms with E-state index in [1.807, 2.05) is 60.4 Å². The van der Waals surface area contributed by atoms with Crippen LogP contribution in [0.1, 0.15) is 43.2 Å². The van der Waals surface area contributed by atoms with E-state index in [4.69, 9.17) is 14.2 Å². The smallest absolute Gasteiger partial charge is 0.248 e. The molecular weight excluding hydrogens is 522 g/mol. The summed E-state index contributed by atoms with van der Waals surface area (Å²) < 4.78 is 17.1. The number of ether oxygens (including phenoxy) is 3. The van der Waals surface area contributed by atoms with Gasteiger partial charge in [-0.2, -0.15) is 0 Å². The van der Waals surface area contributed by atoms with Gasteiger partial charge in [0, 0.05) is 52.8 Å². The fourth-order valence-electron chi connectivity index (χ4n) is 5.46. The highest BCUT2D eigenvalue weighted by Crippen LogP contribution is 2.22. The maximum absolute atomic E-state index is 12.7.